The Hall–Kier alpha value is -3.13. The summed E-state index contributed by atoms with van der Waals surface area (Å²) in [4.78, 5) is 27.3. The third kappa shape index (κ3) is 5.03. The minimum absolute atomic E-state index is 0.0182. The Morgan fingerprint density at radius 1 is 1.24 bits per heavy atom. The van der Waals surface area contributed by atoms with Crippen molar-refractivity contribution in [3.8, 4) is 16.9 Å². The van der Waals surface area contributed by atoms with Gasteiger partial charge < -0.3 is 5.32 Å². The smallest absolute Gasteiger partial charge is 0.270 e. The summed E-state index contributed by atoms with van der Waals surface area (Å²) in [6.07, 6.45) is 1.68. The molecule has 0 aliphatic carbocycles. The van der Waals surface area contributed by atoms with E-state index in [-0.39, 0.29) is 23.4 Å². The molecular formula is C21H22N4O3S. The maximum absolute atomic E-state index is 12.1. The van der Waals surface area contributed by atoms with Crippen LogP contribution in [0.4, 0.5) is 5.69 Å². The van der Waals surface area contributed by atoms with Crippen LogP contribution in [0.2, 0.25) is 0 Å². The first-order valence-electron chi connectivity index (χ1n) is 9.17. The highest BCUT2D eigenvalue weighted by molar-refractivity contribution is 7.99. The van der Waals surface area contributed by atoms with Crippen molar-refractivity contribution in [2.75, 3.05) is 5.75 Å². The van der Waals surface area contributed by atoms with E-state index in [1.807, 2.05) is 55.7 Å². The van der Waals surface area contributed by atoms with E-state index in [1.165, 1.54) is 23.9 Å². The van der Waals surface area contributed by atoms with Crippen LogP contribution in [0.1, 0.15) is 19.4 Å². The summed E-state index contributed by atoms with van der Waals surface area (Å²) in [7, 11) is 0. The van der Waals surface area contributed by atoms with Gasteiger partial charge >= 0.3 is 0 Å². The van der Waals surface area contributed by atoms with E-state index in [4.69, 9.17) is 0 Å². The number of carbonyl (C=O) groups excluding carboxylic acids is 1. The number of rotatable bonds is 7. The van der Waals surface area contributed by atoms with Gasteiger partial charge in [0.2, 0.25) is 5.91 Å². The van der Waals surface area contributed by atoms with Gasteiger partial charge in [0.05, 0.1) is 22.6 Å². The van der Waals surface area contributed by atoms with Crippen LogP contribution >= 0.6 is 11.8 Å². The van der Waals surface area contributed by atoms with Crippen LogP contribution < -0.4 is 5.32 Å². The lowest BCUT2D eigenvalue weighted by Crippen LogP contribution is -2.31. The minimum atomic E-state index is -0.415. The Labute approximate surface area is 173 Å². The zero-order valence-corrected chi connectivity index (χ0v) is 17.3. The summed E-state index contributed by atoms with van der Waals surface area (Å²) in [6, 6.07) is 14.5. The van der Waals surface area contributed by atoms with Crippen molar-refractivity contribution < 1.29 is 9.72 Å². The van der Waals surface area contributed by atoms with Crippen molar-refractivity contribution >= 4 is 23.4 Å². The van der Waals surface area contributed by atoms with Crippen molar-refractivity contribution in [3.63, 3.8) is 0 Å². The molecule has 0 bridgehead atoms. The number of thioether (sulfide) groups is 1. The van der Waals surface area contributed by atoms with E-state index in [1.54, 1.807) is 12.3 Å². The standard InChI is InChI=1S/C21H22N4O3S/c1-14(2)23-20(26)13-29-21-22-12-19(16-5-4-6-18(11-16)25(27)28)24(21)17-9-7-15(3)8-10-17/h4-12,14H,13H2,1-3H3,(H,23,26). The Kier molecular flexibility index (Phi) is 6.33. The monoisotopic (exact) mass is 410 g/mol. The van der Waals surface area contributed by atoms with E-state index in [0.29, 0.717) is 10.7 Å². The topological polar surface area (TPSA) is 90.1 Å². The van der Waals surface area contributed by atoms with Gasteiger partial charge in [0.15, 0.2) is 5.16 Å². The molecule has 0 radical (unpaired) electrons. The molecule has 1 heterocycles. The van der Waals surface area contributed by atoms with Gasteiger partial charge in [-0.05, 0) is 32.9 Å². The number of benzene rings is 2. The maximum Gasteiger partial charge on any atom is 0.270 e. The molecule has 2 aromatic carbocycles. The van der Waals surface area contributed by atoms with Gasteiger partial charge in [0.25, 0.3) is 5.69 Å². The number of nitrogens with zero attached hydrogens (tertiary/aromatic N) is 3. The van der Waals surface area contributed by atoms with Crippen molar-refractivity contribution in [3.05, 3.63) is 70.4 Å². The predicted octanol–water partition coefficient (Wildman–Crippen LogP) is 4.37. The SMILES string of the molecule is Cc1ccc(-n2c(-c3cccc([N+](=O)[O-])c3)cnc2SCC(=O)NC(C)C)cc1. The largest absolute Gasteiger partial charge is 0.353 e. The van der Waals surface area contributed by atoms with Gasteiger partial charge in [-0.2, -0.15) is 0 Å². The van der Waals surface area contributed by atoms with Crippen LogP contribution in [0.15, 0.2) is 59.9 Å². The quantitative estimate of drug-likeness (QED) is 0.355. The second-order valence-corrected chi connectivity index (χ2v) is 7.86. The van der Waals surface area contributed by atoms with Gasteiger partial charge in [0, 0.05) is 29.4 Å². The molecule has 150 valence electrons. The molecule has 3 aromatic rings. The summed E-state index contributed by atoms with van der Waals surface area (Å²) >= 11 is 1.33. The van der Waals surface area contributed by atoms with Crippen LogP contribution in [-0.2, 0) is 4.79 Å². The highest BCUT2D eigenvalue weighted by Crippen LogP contribution is 2.31. The Morgan fingerprint density at radius 3 is 2.62 bits per heavy atom. The summed E-state index contributed by atoms with van der Waals surface area (Å²) in [5, 5.41) is 14.7. The van der Waals surface area contributed by atoms with Gasteiger partial charge in [-0.3, -0.25) is 19.5 Å². The lowest BCUT2D eigenvalue weighted by atomic mass is 10.1. The molecule has 0 saturated heterocycles. The average molecular weight is 410 g/mol. The molecular weight excluding hydrogens is 388 g/mol. The van der Waals surface area contributed by atoms with Gasteiger partial charge in [-0.1, -0.05) is 41.6 Å². The van der Waals surface area contributed by atoms with Gasteiger partial charge in [-0.15, -0.1) is 0 Å². The fourth-order valence-corrected chi connectivity index (χ4v) is 3.66. The van der Waals surface area contributed by atoms with Crippen molar-refractivity contribution in [2.45, 2.75) is 32.0 Å². The summed E-state index contributed by atoms with van der Waals surface area (Å²) in [5.74, 6) is 0.162. The normalized spacial score (nSPS) is 10.9. The third-order valence-corrected chi connectivity index (χ3v) is 5.11. The molecule has 8 heteroatoms. The lowest BCUT2D eigenvalue weighted by molar-refractivity contribution is -0.384. The number of nitrogens with one attached hydrogen (secondary N) is 1. The van der Waals surface area contributed by atoms with Crippen LogP contribution in [0.5, 0.6) is 0 Å². The van der Waals surface area contributed by atoms with Crippen molar-refractivity contribution in [1.82, 2.24) is 14.9 Å². The number of aryl methyl sites for hydroxylation is 1. The highest BCUT2D eigenvalue weighted by Gasteiger charge is 2.17. The fraction of sp³-hybridized carbons (Fsp3) is 0.238. The number of nitro groups is 1. The summed E-state index contributed by atoms with van der Waals surface area (Å²) in [6.45, 7) is 5.83. The van der Waals surface area contributed by atoms with E-state index in [2.05, 4.69) is 10.3 Å². The number of hydrogen-bond acceptors (Lipinski definition) is 5. The molecule has 0 aliphatic rings. The molecule has 1 amide bonds. The van der Waals surface area contributed by atoms with Crippen LogP contribution in [0.25, 0.3) is 16.9 Å². The number of nitro benzene ring substituents is 1. The third-order valence-electron chi connectivity index (χ3n) is 4.16. The number of hydrogen-bond donors (Lipinski definition) is 1. The highest BCUT2D eigenvalue weighted by atomic mass is 32.2. The van der Waals surface area contributed by atoms with Crippen molar-refractivity contribution in [2.24, 2.45) is 0 Å². The number of imidazole rings is 1. The van der Waals surface area contributed by atoms with Crippen LogP contribution in [-0.4, -0.2) is 32.2 Å². The Balaban J connectivity index is 2.02. The summed E-state index contributed by atoms with van der Waals surface area (Å²) in [5.41, 5.74) is 3.43. The van der Waals surface area contributed by atoms with Gasteiger partial charge in [-0.25, -0.2) is 4.98 Å². The number of aromatic nitrogens is 2. The van der Waals surface area contributed by atoms with Crippen LogP contribution in [0.3, 0.4) is 0 Å². The van der Waals surface area contributed by atoms with Gasteiger partial charge in [0.1, 0.15) is 0 Å². The first kappa shape index (κ1) is 20.6. The molecule has 0 fully saturated rings. The Morgan fingerprint density at radius 2 is 1.97 bits per heavy atom. The zero-order chi connectivity index (χ0) is 21.0. The molecule has 3 rings (SSSR count). The van der Waals surface area contributed by atoms with E-state index in [0.717, 1.165) is 16.9 Å². The summed E-state index contributed by atoms with van der Waals surface area (Å²) < 4.78 is 1.92. The second-order valence-electron chi connectivity index (χ2n) is 6.92. The first-order valence-corrected chi connectivity index (χ1v) is 10.2. The molecule has 1 N–H and O–H groups in total. The molecule has 0 unspecified atom stereocenters. The number of amides is 1. The molecule has 7 nitrogen and oxygen atoms in total. The molecule has 0 saturated carbocycles. The second kappa shape index (κ2) is 8.91. The molecule has 1 aromatic heterocycles. The molecule has 29 heavy (non-hydrogen) atoms. The molecule has 0 atom stereocenters. The van der Waals surface area contributed by atoms with Crippen molar-refractivity contribution in [1.29, 1.82) is 0 Å². The fourth-order valence-electron chi connectivity index (χ4n) is 2.86. The maximum atomic E-state index is 12.1. The predicted molar refractivity (Wildman–Crippen MR) is 114 cm³/mol. The Bertz CT molecular complexity index is 1030. The zero-order valence-electron chi connectivity index (χ0n) is 16.5. The average Bonchev–Trinajstić information content (AvgIpc) is 3.10. The van der Waals surface area contributed by atoms with Crippen LogP contribution in [0, 0.1) is 17.0 Å². The number of non-ortho nitro benzene ring substituents is 1. The lowest BCUT2D eigenvalue weighted by Gasteiger charge is -2.13. The molecule has 0 aliphatic heterocycles. The molecule has 0 spiro atoms. The van der Waals surface area contributed by atoms with E-state index < -0.39 is 4.92 Å². The number of carbonyl (C=O) groups is 1. The minimum Gasteiger partial charge on any atom is -0.353 e. The first-order chi connectivity index (χ1) is 13.8. The van der Waals surface area contributed by atoms with E-state index >= 15 is 0 Å². The van der Waals surface area contributed by atoms with E-state index in [9.17, 15) is 14.9 Å².